The third-order valence-corrected chi connectivity index (χ3v) is 4.41. The van der Waals surface area contributed by atoms with Gasteiger partial charge in [0.25, 0.3) is 0 Å². The summed E-state index contributed by atoms with van der Waals surface area (Å²) in [6.07, 6.45) is 4.89. The van der Waals surface area contributed by atoms with Gasteiger partial charge in [0.05, 0.1) is 12.2 Å². The van der Waals surface area contributed by atoms with E-state index in [0.29, 0.717) is 11.6 Å². The molecule has 0 unspecified atom stereocenters. The number of halogens is 1. The average Bonchev–Trinajstić information content (AvgIpc) is 3.09. The monoisotopic (exact) mass is 385 g/mol. The molecule has 3 rings (SSSR count). The number of rotatable bonds is 7. The third kappa shape index (κ3) is 5.37. The average molecular weight is 386 g/mol. The van der Waals surface area contributed by atoms with Crippen molar-refractivity contribution in [1.29, 1.82) is 0 Å². The lowest BCUT2D eigenvalue weighted by molar-refractivity contribution is 0.281. The molecule has 6 nitrogen and oxygen atoms in total. The Morgan fingerprint density at radius 2 is 2.07 bits per heavy atom. The summed E-state index contributed by atoms with van der Waals surface area (Å²) in [5.74, 6) is 1.64. The number of pyridine rings is 1. The first kappa shape index (κ1) is 19.0. The van der Waals surface area contributed by atoms with E-state index >= 15 is 0 Å². The number of fused-ring (bicyclic) bond motifs is 1. The van der Waals surface area contributed by atoms with Crippen LogP contribution >= 0.6 is 11.6 Å². The van der Waals surface area contributed by atoms with Crippen LogP contribution < -0.4 is 10.1 Å². The second kappa shape index (κ2) is 9.28. The highest BCUT2D eigenvalue weighted by atomic mass is 35.5. The van der Waals surface area contributed by atoms with Crippen LogP contribution in [0.2, 0.25) is 5.02 Å². The summed E-state index contributed by atoms with van der Waals surface area (Å²) in [6.45, 7) is 2.04. The zero-order valence-corrected chi connectivity index (χ0v) is 16.4. The number of aromatic nitrogens is 2. The first-order valence-electron chi connectivity index (χ1n) is 8.88. The van der Waals surface area contributed by atoms with Crippen LogP contribution in [-0.2, 0) is 6.42 Å². The molecule has 0 saturated carbocycles. The minimum absolute atomic E-state index is 0.561. The maximum Gasteiger partial charge on any atom is 0.193 e. The Labute approximate surface area is 164 Å². The van der Waals surface area contributed by atoms with E-state index in [1.165, 1.54) is 0 Å². The molecule has 0 spiro atoms. The number of imidazole rings is 1. The van der Waals surface area contributed by atoms with E-state index in [1.807, 2.05) is 65.0 Å². The summed E-state index contributed by atoms with van der Waals surface area (Å²) >= 11 is 5.88. The van der Waals surface area contributed by atoms with Gasteiger partial charge in [0.2, 0.25) is 0 Å². The molecule has 1 aromatic carbocycles. The van der Waals surface area contributed by atoms with Gasteiger partial charge in [-0.25, -0.2) is 4.98 Å². The van der Waals surface area contributed by atoms with Gasteiger partial charge in [0, 0.05) is 44.5 Å². The number of aliphatic imine (C=N–C) groups is 1. The van der Waals surface area contributed by atoms with Gasteiger partial charge >= 0.3 is 0 Å². The molecule has 0 aliphatic carbocycles. The lowest BCUT2D eigenvalue weighted by Crippen LogP contribution is -2.41. The highest BCUT2D eigenvalue weighted by Gasteiger charge is 2.07. The van der Waals surface area contributed by atoms with E-state index < -0.39 is 0 Å². The summed E-state index contributed by atoms with van der Waals surface area (Å²) in [7, 11) is 3.77. The lowest BCUT2D eigenvalue weighted by Gasteiger charge is -2.22. The van der Waals surface area contributed by atoms with Crippen molar-refractivity contribution in [3.05, 3.63) is 65.6 Å². The Bertz CT molecular complexity index is 858. The van der Waals surface area contributed by atoms with Gasteiger partial charge in [0.15, 0.2) is 5.96 Å². The Morgan fingerprint density at radius 3 is 2.81 bits per heavy atom. The molecule has 0 bridgehead atoms. The molecule has 0 atom stereocenters. The van der Waals surface area contributed by atoms with E-state index in [9.17, 15) is 0 Å². The molecular formula is C20H24ClN5O. The highest BCUT2D eigenvalue weighted by molar-refractivity contribution is 6.30. The van der Waals surface area contributed by atoms with Gasteiger partial charge in [-0.2, -0.15) is 0 Å². The lowest BCUT2D eigenvalue weighted by atomic mass is 10.3. The first-order valence-corrected chi connectivity index (χ1v) is 9.26. The fraction of sp³-hybridized carbons (Fsp3) is 0.300. The van der Waals surface area contributed by atoms with Gasteiger partial charge in [0.1, 0.15) is 18.0 Å². The van der Waals surface area contributed by atoms with Crippen LogP contribution in [-0.4, -0.2) is 54.0 Å². The van der Waals surface area contributed by atoms with E-state index in [2.05, 4.69) is 21.5 Å². The van der Waals surface area contributed by atoms with Crippen molar-refractivity contribution in [1.82, 2.24) is 19.6 Å². The molecule has 2 heterocycles. The quantitative estimate of drug-likeness (QED) is 0.501. The molecule has 0 amide bonds. The van der Waals surface area contributed by atoms with E-state index in [-0.39, 0.29) is 0 Å². The molecule has 3 aromatic rings. The molecular weight excluding hydrogens is 362 g/mol. The van der Waals surface area contributed by atoms with Gasteiger partial charge in [-0.3, -0.25) is 4.99 Å². The highest BCUT2D eigenvalue weighted by Crippen LogP contribution is 2.15. The fourth-order valence-corrected chi connectivity index (χ4v) is 2.86. The van der Waals surface area contributed by atoms with Gasteiger partial charge < -0.3 is 19.4 Å². The Hall–Kier alpha value is -2.73. The fourth-order valence-electron chi connectivity index (χ4n) is 2.73. The molecule has 27 heavy (non-hydrogen) atoms. The Balaban J connectivity index is 1.42. The standard InChI is InChI=1S/C20H24ClN5O/c1-22-20(25(2)13-14-27-18-8-6-16(21)7-9-18)23-11-10-17-15-26-12-4-3-5-19(26)24-17/h3-9,12,15H,10-11,13-14H2,1-2H3,(H,22,23). The predicted molar refractivity (Wildman–Crippen MR) is 110 cm³/mol. The normalized spacial score (nSPS) is 11.6. The second-order valence-corrected chi connectivity index (χ2v) is 6.58. The number of nitrogens with one attached hydrogen (secondary N) is 1. The molecule has 0 aliphatic rings. The minimum atomic E-state index is 0.561. The van der Waals surface area contributed by atoms with Crippen LogP contribution in [0.4, 0.5) is 0 Å². The number of ether oxygens (including phenoxy) is 1. The zero-order chi connectivity index (χ0) is 19.1. The van der Waals surface area contributed by atoms with Crippen molar-refractivity contribution in [2.45, 2.75) is 6.42 Å². The van der Waals surface area contributed by atoms with Crippen molar-refractivity contribution in [2.75, 3.05) is 33.8 Å². The number of likely N-dealkylation sites (N-methyl/N-ethyl adjacent to an activating group) is 1. The predicted octanol–water partition coefficient (Wildman–Crippen LogP) is 3.12. The minimum Gasteiger partial charge on any atom is -0.492 e. The summed E-state index contributed by atoms with van der Waals surface area (Å²) < 4.78 is 7.77. The van der Waals surface area contributed by atoms with Crippen molar-refractivity contribution < 1.29 is 4.74 Å². The molecule has 0 aliphatic heterocycles. The zero-order valence-electron chi connectivity index (χ0n) is 15.6. The maximum absolute atomic E-state index is 5.88. The SMILES string of the molecule is CN=C(NCCc1cn2ccccc2n1)N(C)CCOc1ccc(Cl)cc1. The molecule has 2 aromatic heterocycles. The molecule has 142 valence electrons. The number of benzene rings is 1. The Kier molecular flexibility index (Phi) is 6.54. The summed E-state index contributed by atoms with van der Waals surface area (Å²) in [5.41, 5.74) is 2.02. The van der Waals surface area contributed by atoms with E-state index in [1.54, 1.807) is 7.05 Å². The second-order valence-electron chi connectivity index (χ2n) is 6.15. The summed E-state index contributed by atoms with van der Waals surface area (Å²) in [5, 5.41) is 4.08. The van der Waals surface area contributed by atoms with E-state index in [4.69, 9.17) is 16.3 Å². The third-order valence-electron chi connectivity index (χ3n) is 4.16. The smallest absolute Gasteiger partial charge is 0.193 e. The molecule has 0 saturated heterocycles. The summed E-state index contributed by atoms with van der Waals surface area (Å²) in [4.78, 5) is 11.0. The molecule has 7 heteroatoms. The van der Waals surface area contributed by atoms with Crippen LogP contribution in [0.15, 0.2) is 59.9 Å². The number of hydrogen-bond acceptors (Lipinski definition) is 3. The van der Waals surface area contributed by atoms with Crippen molar-refractivity contribution in [3.8, 4) is 5.75 Å². The van der Waals surface area contributed by atoms with Gasteiger partial charge in [-0.05, 0) is 36.4 Å². The first-order chi connectivity index (χ1) is 13.2. The maximum atomic E-state index is 5.88. The van der Waals surface area contributed by atoms with Crippen LogP contribution in [0.5, 0.6) is 5.75 Å². The summed E-state index contributed by atoms with van der Waals surface area (Å²) in [6, 6.07) is 13.4. The van der Waals surface area contributed by atoms with Gasteiger partial charge in [-0.15, -0.1) is 0 Å². The topological polar surface area (TPSA) is 54.2 Å². The van der Waals surface area contributed by atoms with Crippen LogP contribution in [0, 0.1) is 0 Å². The molecule has 1 N–H and O–H groups in total. The van der Waals surface area contributed by atoms with Crippen LogP contribution in [0.1, 0.15) is 5.69 Å². The Morgan fingerprint density at radius 1 is 1.26 bits per heavy atom. The van der Waals surface area contributed by atoms with Crippen molar-refractivity contribution >= 4 is 23.2 Å². The molecule has 0 fully saturated rings. The number of nitrogens with zero attached hydrogens (tertiary/aromatic N) is 4. The largest absolute Gasteiger partial charge is 0.492 e. The van der Waals surface area contributed by atoms with Crippen molar-refractivity contribution in [3.63, 3.8) is 0 Å². The van der Waals surface area contributed by atoms with Crippen LogP contribution in [0.3, 0.4) is 0 Å². The van der Waals surface area contributed by atoms with Crippen molar-refractivity contribution in [2.24, 2.45) is 4.99 Å². The van der Waals surface area contributed by atoms with Crippen LogP contribution in [0.25, 0.3) is 5.65 Å². The number of hydrogen-bond donors (Lipinski definition) is 1. The molecule has 0 radical (unpaired) electrons. The van der Waals surface area contributed by atoms with E-state index in [0.717, 1.165) is 42.6 Å². The number of guanidine groups is 1. The van der Waals surface area contributed by atoms with Gasteiger partial charge in [-0.1, -0.05) is 17.7 Å².